The number of hydrogen-bond acceptors (Lipinski definition) is 5. The van der Waals surface area contributed by atoms with Gasteiger partial charge in [-0.05, 0) is 55.1 Å². The van der Waals surface area contributed by atoms with Crippen LogP contribution in [0.4, 0.5) is 5.69 Å². The Bertz CT molecular complexity index is 1060. The number of aryl methyl sites for hydroxylation is 2. The molecule has 6 nitrogen and oxygen atoms in total. The molecule has 0 fully saturated rings. The predicted octanol–water partition coefficient (Wildman–Crippen LogP) is 4.52. The van der Waals surface area contributed by atoms with Crippen LogP contribution in [0.25, 0.3) is 11.5 Å². The second-order valence-corrected chi connectivity index (χ2v) is 7.19. The number of nitrogens with one attached hydrogen (secondary N) is 1. The molecular formula is C20H18N4O2S. The Hall–Kier alpha value is -3.19. The molecular weight excluding hydrogens is 360 g/mol. The number of benzene rings is 1. The minimum absolute atomic E-state index is 0.110. The minimum atomic E-state index is -0.110. The van der Waals surface area contributed by atoms with Crippen molar-refractivity contribution in [1.29, 1.82) is 0 Å². The van der Waals surface area contributed by atoms with Gasteiger partial charge in [0.15, 0.2) is 0 Å². The number of amides is 1. The molecule has 7 heteroatoms. The fraction of sp³-hybridized carbons (Fsp3) is 0.150. The van der Waals surface area contributed by atoms with Crippen LogP contribution in [0.3, 0.4) is 0 Å². The van der Waals surface area contributed by atoms with E-state index >= 15 is 0 Å². The summed E-state index contributed by atoms with van der Waals surface area (Å²) >= 11 is 1.41. The molecule has 0 aliphatic rings. The number of carbonyl (C=O) groups excluding carboxylic acids is 1. The lowest BCUT2D eigenvalue weighted by molar-refractivity contribution is 0.103. The second kappa shape index (κ2) is 7.20. The molecule has 0 spiro atoms. The van der Waals surface area contributed by atoms with Crippen molar-refractivity contribution in [3.63, 3.8) is 0 Å². The van der Waals surface area contributed by atoms with Gasteiger partial charge in [-0.2, -0.15) is 5.10 Å². The highest BCUT2D eigenvalue weighted by molar-refractivity contribution is 7.12. The quantitative estimate of drug-likeness (QED) is 0.554. The number of rotatable bonds is 5. The molecule has 4 aromatic rings. The van der Waals surface area contributed by atoms with Crippen molar-refractivity contribution in [2.24, 2.45) is 0 Å². The molecule has 27 heavy (non-hydrogen) atoms. The highest BCUT2D eigenvalue weighted by Crippen LogP contribution is 2.24. The average Bonchev–Trinajstić information content (AvgIpc) is 3.39. The number of aromatic nitrogens is 3. The van der Waals surface area contributed by atoms with Gasteiger partial charge in [-0.1, -0.05) is 6.07 Å². The first-order valence-electron chi connectivity index (χ1n) is 8.49. The highest BCUT2D eigenvalue weighted by atomic mass is 32.1. The van der Waals surface area contributed by atoms with Crippen LogP contribution < -0.4 is 5.32 Å². The number of carbonyl (C=O) groups is 1. The van der Waals surface area contributed by atoms with Crippen LogP contribution in [0.15, 0.2) is 58.6 Å². The molecule has 3 heterocycles. The van der Waals surface area contributed by atoms with Gasteiger partial charge in [-0.3, -0.25) is 9.48 Å². The Balaban J connectivity index is 1.49. The van der Waals surface area contributed by atoms with Crippen LogP contribution in [-0.4, -0.2) is 20.7 Å². The van der Waals surface area contributed by atoms with Crippen molar-refractivity contribution in [3.8, 4) is 11.5 Å². The van der Waals surface area contributed by atoms with Crippen molar-refractivity contribution < 1.29 is 9.21 Å². The number of anilines is 1. The summed E-state index contributed by atoms with van der Waals surface area (Å²) in [5.74, 6) is 1.22. The Morgan fingerprint density at radius 3 is 2.70 bits per heavy atom. The van der Waals surface area contributed by atoms with Gasteiger partial charge in [0.05, 0.1) is 17.6 Å². The third-order valence-corrected chi connectivity index (χ3v) is 4.97. The summed E-state index contributed by atoms with van der Waals surface area (Å²) in [5.41, 5.74) is 3.54. The van der Waals surface area contributed by atoms with Gasteiger partial charge in [-0.15, -0.1) is 11.3 Å². The van der Waals surface area contributed by atoms with Gasteiger partial charge in [0.2, 0.25) is 5.89 Å². The zero-order valence-electron chi connectivity index (χ0n) is 15.0. The maximum absolute atomic E-state index is 12.1. The number of oxazole rings is 1. The van der Waals surface area contributed by atoms with Crippen LogP contribution in [0, 0.1) is 13.8 Å². The van der Waals surface area contributed by atoms with Crippen molar-refractivity contribution in [2.75, 3.05) is 5.32 Å². The van der Waals surface area contributed by atoms with Crippen LogP contribution in [0.5, 0.6) is 0 Å². The molecule has 4 rings (SSSR count). The van der Waals surface area contributed by atoms with E-state index in [0.717, 1.165) is 28.3 Å². The van der Waals surface area contributed by atoms with Gasteiger partial charge in [-0.25, -0.2) is 4.98 Å². The van der Waals surface area contributed by atoms with E-state index in [1.165, 1.54) is 11.3 Å². The van der Waals surface area contributed by atoms with Crippen molar-refractivity contribution in [1.82, 2.24) is 14.8 Å². The summed E-state index contributed by atoms with van der Waals surface area (Å²) in [5, 5.41) is 9.05. The number of thiophene rings is 1. The topological polar surface area (TPSA) is 73.0 Å². The van der Waals surface area contributed by atoms with E-state index in [2.05, 4.69) is 15.4 Å². The lowest BCUT2D eigenvalue weighted by Crippen LogP contribution is -2.09. The normalized spacial score (nSPS) is 10.9. The molecule has 0 atom stereocenters. The van der Waals surface area contributed by atoms with Gasteiger partial charge in [0, 0.05) is 17.4 Å². The monoisotopic (exact) mass is 378 g/mol. The molecule has 1 aromatic carbocycles. The molecule has 0 saturated carbocycles. The van der Waals surface area contributed by atoms with Gasteiger partial charge < -0.3 is 9.73 Å². The fourth-order valence-electron chi connectivity index (χ4n) is 2.70. The van der Waals surface area contributed by atoms with Crippen LogP contribution >= 0.6 is 11.3 Å². The number of hydrogen-bond donors (Lipinski definition) is 1. The first-order valence-corrected chi connectivity index (χ1v) is 9.37. The minimum Gasteiger partial charge on any atom is -0.441 e. The molecule has 1 amide bonds. The first kappa shape index (κ1) is 17.2. The van der Waals surface area contributed by atoms with Gasteiger partial charge in [0.25, 0.3) is 5.91 Å². The summed E-state index contributed by atoms with van der Waals surface area (Å²) in [7, 11) is 0. The maximum atomic E-state index is 12.1. The second-order valence-electron chi connectivity index (χ2n) is 6.25. The zero-order chi connectivity index (χ0) is 18.8. The van der Waals surface area contributed by atoms with E-state index in [1.807, 2.05) is 66.6 Å². The Kier molecular flexibility index (Phi) is 4.60. The molecule has 0 saturated heterocycles. The standard InChI is InChI=1S/C20H18N4O2S/c1-13-10-21-24(11-13)12-17-14(2)26-20(23-17)15-5-7-16(8-6-15)22-19(25)18-4-3-9-27-18/h3-11H,12H2,1-2H3,(H,22,25). The molecule has 0 aliphatic heterocycles. The molecule has 0 radical (unpaired) electrons. The SMILES string of the molecule is Cc1cnn(Cc2nc(-c3ccc(NC(=O)c4cccs4)cc3)oc2C)c1. The molecule has 136 valence electrons. The highest BCUT2D eigenvalue weighted by Gasteiger charge is 2.13. The molecule has 0 aliphatic carbocycles. The molecule has 0 unspecified atom stereocenters. The van der Waals surface area contributed by atoms with E-state index in [9.17, 15) is 4.79 Å². The van der Waals surface area contributed by atoms with Crippen LogP contribution in [0.1, 0.15) is 26.7 Å². The summed E-state index contributed by atoms with van der Waals surface area (Å²) in [4.78, 5) is 17.4. The van der Waals surface area contributed by atoms with Crippen molar-refractivity contribution >= 4 is 22.9 Å². The fourth-order valence-corrected chi connectivity index (χ4v) is 3.32. The maximum Gasteiger partial charge on any atom is 0.265 e. The molecule has 1 N–H and O–H groups in total. The third kappa shape index (κ3) is 3.83. The van der Waals surface area contributed by atoms with Crippen molar-refractivity contribution in [3.05, 3.63) is 76.1 Å². The summed E-state index contributed by atoms with van der Waals surface area (Å²) in [6, 6.07) is 11.1. The first-order chi connectivity index (χ1) is 13.1. The summed E-state index contributed by atoms with van der Waals surface area (Å²) in [6.45, 7) is 4.47. The largest absolute Gasteiger partial charge is 0.441 e. The van der Waals surface area contributed by atoms with Gasteiger partial charge in [0.1, 0.15) is 11.5 Å². The summed E-state index contributed by atoms with van der Waals surface area (Å²) in [6.07, 6.45) is 3.79. The van der Waals surface area contributed by atoms with E-state index in [-0.39, 0.29) is 5.91 Å². The smallest absolute Gasteiger partial charge is 0.265 e. The van der Waals surface area contributed by atoms with E-state index in [0.29, 0.717) is 17.3 Å². The lowest BCUT2D eigenvalue weighted by atomic mass is 10.2. The Morgan fingerprint density at radius 1 is 1.22 bits per heavy atom. The van der Waals surface area contributed by atoms with Crippen LogP contribution in [0.2, 0.25) is 0 Å². The average molecular weight is 378 g/mol. The van der Waals surface area contributed by atoms with E-state index < -0.39 is 0 Å². The third-order valence-electron chi connectivity index (χ3n) is 4.10. The Labute approximate surface area is 160 Å². The lowest BCUT2D eigenvalue weighted by Gasteiger charge is -2.04. The molecule has 3 aromatic heterocycles. The van der Waals surface area contributed by atoms with Crippen molar-refractivity contribution in [2.45, 2.75) is 20.4 Å². The van der Waals surface area contributed by atoms with Crippen LogP contribution in [-0.2, 0) is 6.54 Å². The number of nitrogens with zero attached hydrogens (tertiary/aromatic N) is 3. The summed E-state index contributed by atoms with van der Waals surface area (Å²) < 4.78 is 7.66. The Morgan fingerprint density at radius 2 is 2.04 bits per heavy atom. The zero-order valence-corrected chi connectivity index (χ0v) is 15.8. The predicted molar refractivity (Wildman–Crippen MR) is 105 cm³/mol. The molecule has 0 bridgehead atoms. The van der Waals surface area contributed by atoms with Gasteiger partial charge >= 0.3 is 0 Å². The van der Waals surface area contributed by atoms with E-state index in [1.54, 1.807) is 6.07 Å². The van der Waals surface area contributed by atoms with E-state index in [4.69, 9.17) is 4.42 Å².